The number of piperidine rings is 1. The van der Waals surface area contributed by atoms with Crippen molar-refractivity contribution < 1.29 is 4.79 Å². The number of hydrogen-bond donors (Lipinski definition) is 2. The first-order valence-electron chi connectivity index (χ1n) is 8.04. The Labute approximate surface area is 145 Å². The highest BCUT2D eigenvalue weighted by molar-refractivity contribution is 8.00. The zero-order valence-electron chi connectivity index (χ0n) is 13.4. The maximum absolute atomic E-state index is 13.1. The molecule has 1 aromatic heterocycles. The van der Waals surface area contributed by atoms with Crippen LogP contribution in [0.3, 0.4) is 0 Å². The summed E-state index contributed by atoms with van der Waals surface area (Å²) in [7, 11) is 0. The van der Waals surface area contributed by atoms with Crippen molar-refractivity contribution in [1.82, 2.24) is 14.9 Å². The fraction of sp³-hybridized carbons (Fsp3) is 0.353. The van der Waals surface area contributed by atoms with E-state index in [-0.39, 0.29) is 5.91 Å². The molecular weight excluding hydrogens is 322 g/mol. The average molecular weight is 343 g/mol. The third-order valence-corrected chi connectivity index (χ3v) is 5.07. The molecule has 6 nitrogen and oxygen atoms in total. The number of carbonyl (C=O) groups is 1. The van der Waals surface area contributed by atoms with Gasteiger partial charge in [0.05, 0.1) is 0 Å². The smallest absolute Gasteiger partial charge is 0.240 e. The normalized spacial score (nSPS) is 15.9. The standard InChI is InChI=1S/C17H21N5OS/c18-13-11-14(19)21-17(20-13)24-15(12-7-3-1-4-8-12)16(23)22-9-5-2-6-10-22/h1,3-4,7-8,11,15H,2,5-6,9-10H2,(H4,18,19,20,21)/t15-/m0/s1. The summed E-state index contributed by atoms with van der Waals surface area (Å²) in [5.41, 5.74) is 12.4. The van der Waals surface area contributed by atoms with Gasteiger partial charge in [-0.15, -0.1) is 0 Å². The number of anilines is 2. The van der Waals surface area contributed by atoms with Gasteiger partial charge in [-0.2, -0.15) is 0 Å². The zero-order chi connectivity index (χ0) is 16.9. The van der Waals surface area contributed by atoms with E-state index in [0.29, 0.717) is 16.8 Å². The van der Waals surface area contributed by atoms with Gasteiger partial charge in [0.15, 0.2) is 5.16 Å². The Kier molecular flexibility index (Phi) is 5.20. The summed E-state index contributed by atoms with van der Waals surface area (Å²) in [5.74, 6) is 0.708. The lowest BCUT2D eigenvalue weighted by atomic mass is 10.1. The second-order valence-corrected chi connectivity index (χ2v) is 6.87. The Hall–Kier alpha value is -2.28. The predicted octanol–water partition coefficient (Wildman–Crippen LogP) is 2.49. The minimum atomic E-state index is -0.398. The van der Waals surface area contributed by atoms with Crippen LogP contribution in [0.15, 0.2) is 41.6 Å². The molecule has 7 heteroatoms. The molecule has 0 spiro atoms. The van der Waals surface area contributed by atoms with E-state index in [4.69, 9.17) is 11.5 Å². The molecule has 0 unspecified atom stereocenters. The quantitative estimate of drug-likeness (QED) is 0.654. The number of nitrogens with zero attached hydrogens (tertiary/aromatic N) is 3. The molecule has 24 heavy (non-hydrogen) atoms. The van der Waals surface area contributed by atoms with Crippen LogP contribution in [0.4, 0.5) is 11.6 Å². The summed E-state index contributed by atoms with van der Waals surface area (Å²) < 4.78 is 0. The molecule has 0 saturated carbocycles. The van der Waals surface area contributed by atoms with Gasteiger partial charge in [0, 0.05) is 19.2 Å². The number of carbonyl (C=O) groups excluding carboxylic acids is 1. The molecule has 1 amide bonds. The number of thioether (sulfide) groups is 1. The molecule has 4 N–H and O–H groups in total. The largest absolute Gasteiger partial charge is 0.383 e. The summed E-state index contributed by atoms with van der Waals surface area (Å²) in [6.45, 7) is 1.62. The van der Waals surface area contributed by atoms with Gasteiger partial charge in [0.25, 0.3) is 0 Å². The lowest BCUT2D eigenvalue weighted by molar-refractivity contribution is -0.131. The van der Waals surface area contributed by atoms with Crippen molar-refractivity contribution in [1.29, 1.82) is 0 Å². The SMILES string of the molecule is Nc1cc(N)nc(S[C@H](C(=O)N2CCCCC2)c2ccccc2)n1. The number of hydrogen-bond acceptors (Lipinski definition) is 6. The number of aromatic nitrogens is 2. The van der Waals surface area contributed by atoms with E-state index < -0.39 is 5.25 Å². The van der Waals surface area contributed by atoms with Gasteiger partial charge >= 0.3 is 0 Å². The molecule has 2 heterocycles. The fourth-order valence-corrected chi connectivity index (χ4v) is 3.86. The number of rotatable bonds is 4. The van der Waals surface area contributed by atoms with Crippen LogP contribution >= 0.6 is 11.8 Å². The zero-order valence-corrected chi connectivity index (χ0v) is 14.2. The molecular formula is C17H21N5OS. The first kappa shape index (κ1) is 16.6. The van der Waals surface area contributed by atoms with Crippen molar-refractivity contribution in [3.8, 4) is 0 Å². The third kappa shape index (κ3) is 3.97. The van der Waals surface area contributed by atoms with E-state index in [1.165, 1.54) is 24.2 Å². The monoisotopic (exact) mass is 343 g/mol. The molecule has 1 aliphatic rings. The van der Waals surface area contributed by atoms with Gasteiger partial charge < -0.3 is 16.4 Å². The van der Waals surface area contributed by atoms with E-state index in [0.717, 1.165) is 31.5 Å². The Morgan fingerprint density at radius 2 is 1.67 bits per heavy atom. The number of benzene rings is 1. The highest BCUT2D eigenvalue weighted by Gasteiger charge is 2.28. The van der Waals surface area contributed by atoms with Crippen LogP contribution in [-0.4, -0.2) is 33.9 Å². The number of likely N-dealkylation sites (tertiary alicyclic amines) is 1. The molecule has 1 aliphatic heterocycles. The Morgan fingerprint density at radius 1 is 1.04 bits per heavy atom. The predicted molar refractivity (Wildman–Crippen MR) is 96.3 cm³/mol. The minimum Gasteiger partial charge on any atom is -0.383 e. The molecule has 126 valence electrons. The van der Waals surface area contributed by atoms with E-state index in [2.05, 4.69) is 9.97 Å². The first-order valence-corrected chi connectivity index (χ1v) is 8.92. The molecule has 3 rings (SSSR count). The molecule has 1 fully saturated rings. The molecule has 1 atom stereocenters. The van der Waals surface area contributed by atoms with Crippen LogP contribution in [0, 0.1) is 0 Å². The van der Waals surface area contributed by atoms with Gasteiger partial charge in [-0.25, -0.2) is 9.97 Å². The maximum atomic E-state index is 13.1. The van der Waals surface area contributed by atoms with Crippen LogP contribution < -0.4 is 11.5 Å². The Bertz CT molecular complexity index is 683. The third-order valence-electron chi connectivity index (χ3n) is 3.96. The van der Waals surface area contributed by atoms with E-state index >= 15 is 0 Å². The second kappa shape index (κ2) is 7.53. The van der Waals surface area contributed by atoms with Crippen LogP contribution in [0.25, 0.3) is 0 Å². The van der Waals surface area contributed by atoms with Gasteiger partial charge in [-0.3, -0.25) is 4.79 Å². The Balaban J connectivity index is 1.88. The van der Waals surface area contributed by atoms with Crippen molar-refractivity contribution in [2.75, 3.05) is 24.6 Å². The molecule has 0 bridgehead atoms. The number of nitrogens with two attached hydrogens (primary N) is 2. The minimum absolute atomic E-state index is 0.0931. The maximum Gasteiger partial charge on any atom is 0.240 e. The highest BCUT2D eigenvalue weighted by atomic mass is 32.2. The van der Waals surface area contributed by atoms with Gasteiger partial charge in [-0.1, -0.05) is 42.1 Å². The lowest BCUT2D eigenvalue weighted by Crippen LogP contribution is -2.38. The second-order valence-electron chi connectivity index (χ2n) is 5.79. The lowest BCUT2D eigenvalue weighted by Gasteiger charge is -2.30. The Morgan fingerprint density at radius 3 is 2.29 bits per heavy atom. The van der Waals surface area contributed by atoms with Crippen molar-refractivity contribution in [2.24, 2.45) is 0 Å². The molecule has 0 aliphatic carbocycles. The van der Waals surface area contributed by atoms with E-state index in [1.807, 2.05) is 35.2 Å². The molecule has 1 saturated heterocycles. The fourth-order valence-electron chi connectivity index (χ4n) is 2.79. The highest BCUT2D eigenvalue weighted by Crippen LogP contribution is 2.36. The number of amides is 1. The van der Waals surface area contributed by atoms with Crippen molar-refractivity contribution >= 4 is 29.3 Å². The van der Waals surface area contributed by atoms with Gasteiger partial charge in [-0.05, 0) is 24.8 Å². The van der Waals surface area contributed by atoms with Gasteiger partial charge in [0.2, 0.25) is 5.91 Å². The summed E-state index contributed by atoms with van der Waals surface area (Å²) in [6.07, 6.45) is 3.29. The summed E-state index contributed by atoms with van der Waals surface area (Å²) >= 11 is 1.30. The van der Waals surface area contributed by atoms with E-state index in [1.54, 1.807) is 0 Å². The van der Waals surface area contributed by atoms with Crippen molar-refractivity contribution in [3.05, 3.63) is 42.0 Å². The van der Waals surface area contributed by atoms with Crippen molar-refractivity contribution in [2.45, 2.75) is 29.7 Å². The van der Waals surface area contributed by atoms with Gasteiger partial charge in [0.1, 0.15) is 16.9 Å². The molecule has 2 aromatic rings. The molecule has 1 aromatic carbocycles. The van der Waals surface area contributed by atoms with Crippen molar-refractivity contribution in [3.63, 3.8) is 0 Å². The van der Waals surface area contributed by atoms with E-state index in [9.17, 15) is 4.79 Å². The summed E-state index contributed by atoms with van der Waals surface area (Å²) in [5, 5.41) is 0.0252. The summed E-state index contributed by atoms with van der Waals surface area (Å²) in [4.78, 5) is 23.4. The number of nitrogen functional groups attached to an aromatic ring is 2. The van der Waals surface area contributed by atoms with Crippen LogP contribution in [0.1, 0.15) is 30.1 Å². The first-order chi connectivity index (χ1) is 11.6. The summed E-state index contributed by atoms with van der Waals surface area (Å²) in [6, 6.07) is 11.2. The van der Waals surface area contributed by atoms with Crippen LogP contribution in [0.5, 0.6) is 0 Å². The van der Waals surface area contributed by atoms with Crippen LogP contribution in [0.2, 0.25) is 0 Å². The molecule has 0 radical (unpaired) electrons. The average Bonchev–Trinajstić information content (AvgIpc) is 2.60. The van der Waals surface area contributed by atoms with Crippen LogP contribution in [-0.2, 0) is 4.79 Å². The topological polar surface area (TPSA) is 98.1 Å².